The van der Waals surface area contributed by atoms with Gasteiger partial charge in [-0.2, -0.15) is 0 Å². The van der Waals surface area contributed by atoms with E-state index in [0.29, 0.717) is 5.92 Å². The van der Waals surface area contributed by atoms with Gasteiger partial charge in [0.2, 0.25) is 0 Å². The molecule has 2 rings (SSSR count). The lowest BCUT2D eigenvalue weighted by Crippen LogP contribution is -1.90. The normalized spacial score (nSPS) is 13.8. The molecule has 1 unspecified atom stereocenters. The summed E-state index contributed by atoms with van der Waals surface area (Å²) in [6.07, 6.45) is 3.32. The van der Waals surface area contributed by atoms with Crippen LogP contribution < -0.4 is 0 Å². The fourth-order valence-electron chi connectivity index (χ4n) is 1.36. The van der Waals surface area contributed by atoms with Crippen LogP contribution in [-0.2, 0) is 0 Å². The van der Waals surface area contributed by atoms with Gasteiger partial charge in [-0.1, -0.05) is 13.8 Å². The van der Waals surface area contributed by atoms with E-state index in [1.807, 2.05) is 0 Å². The molecular weight excluding hydrogens is 180 g/mol. The average Bonchev–Trinajstić information content (AvgIpc) is 2.67. The van der Waals surface area contributed by atoms with E-state index in [2.05, 4.69) is 41.7 Å². The van der Waals surface area contributed by atoms with Crippen LogP contribution in [0.5, 0.6) is 0 Å². The molecule has 0 spiro atoms. The van der Waals surface area contributed by atoms with E-state index in [9.17, 15) is 0 Å². The Morgan fingerprint density at radius 2 is 2.38 bits per heavy atom. The Kier molecular flexibility index (Phi) is 2.12. The van der Waals surface area contributed by atoms with E-state index in [0.717, 1.165) is 11.4 Å². The van der Waals surface area contributed by atoms with Crippen LogP contribution >= 0.6 is 11.3 Å². The average molecular weight is 194 g/mol. The lowest BCUT2D eigenvalue weighted by molar-refractivity contribution is 0.714. The van der Waals surface area contributed by atoms with E-state index < -0.39 is 0 Å². The molecule has 13 heavy (non-hydrogen) atoms. The third-order valence-corrected chi connectivity index (χ3v) is 3.48. The van der Waals surface area contributed by atoms with E-state index in [-0.39, 0.29) is 0 Å². The Morgan fingerprint density at radius 3 is 3.00 bits per heavy atom. The van der Waals surface area contributed by atoms with Crippen molar-refractivity contribution < 1.29 is 0 Å². The van der Waals surface area contributed by atoms with E-state index in [4.69, 9.17) is 0 Å². The first-order valence-corrected chi connectivity index (χ1v) is 5.53. The zero-order chi connectivity index (χ0) is 9.42. The number of hydrogen-bond acceptors (Lipinski definition) is 2. The monoisotopic (exact) mass is 194 g/mol. The molecule has 0 aliphatic heterocycles. The SMILES string of the molecule is CCC(C)c1cn2c(C)csc2n1. The molecule has 0 fully saturated rings. The Labute approximate surface area is 82.2 Å². The minimum Gasteiger partial charge on any atom is -0.295 e. The van der Waals surface area contributed by atoms with Gasteiger partial charge < -0.3 is 0 Å². The molecule has 2 heterocycles. The number of fused-ring (bicyclic) bond motifs is 1. The van der Waals surface area contributed by atoms with E-state index in [1.54, 1.807) is 11.3 Å². The highest BCUT2D eigenvalue weighted by Gasteiger charge is 2.09. The number of hydrogen-bond donors (Lipinski definition) is 0. The van der Waals surface area contributed by atoms with Crippen LogP contribution in [0.1, 0.15) is 37.6 Å². The van der Waals surface area contributed by atoms with Gasteiger partial charge in [-0.05, 0) is 19.3 Å². The third-order valence-electron chi connectivity index (χ3n) is 2.52. The molecule has 70 valence electrons. The third kappa shape index (κ3) is 1.37. The zero-order valence-corrected chi connectivity index (χ0v) is 9.06. The van der Waals surface area contributed by atoms with Crippen molar-refractivity contribution in [1.29, 1.82) is 0 Å². The fourth-order valence-corrected chi connectivity index (χ4v) is 2.22. The summed E-state index contributed by atoms with van der Waals surface area (Å²) in [4.78, 5) is 5.70. The van der Waals surface area contributed by atoms with Gasteiger partial charge in [-0.3, -0.25) is 4.40 Å². The van der Waals surface area contributed by atoms with Crippen molar-refractivity contribution in [2.24, 2.45) is 0 Å². The maximum Gasteiger partial charge on any atom is 0.194 e. The van der Waals surface area contributed by atoms with Crippen LogP contribution in [0.15, 0.2) is 11.6 Å². The molecule has 0 aliphatic rings. The number of rotatable bonds is 2. The Morgan fingerprint density at radius 1 is 1.62 bits per heavy atom. The molecule has 0 saturated carbocycles. The molecular formula is C10H14N2S. The second kappa shape index (κ2) is 3.14. The van der Waals surface area contributed by atoms with Crippen molar-refractivity contribution in [3.8, 4) is 0 Å². The number of nitrogens with zero attached hydrogens (tertiary/aromatic N) is 2. The lowest BCUT2D eigenvalue weighted by atomic mass is 10.1. The smallest absolute Gasteiger partial charge is 0.194 e. The number of aryl methyl sites for hydroxylation is 1. The zero-order valence-electron chi connectivity index (χ0n) is 8.24. The highest BCUT2D eigenvalue weighted by Crippen LogP contribution is 2.22. The first-order valence-electron chi connectivity index (χ1n) is 4.65. The molecule has 3 heteroatoms. The van der Waals surface area contributed by atoms with E-state index in [1.165, 1.54) is 11.4 Å². The highest BCUT2D eigenvalue weighted by molar-refractivity contribution is 7.15. The van der Waals surface area contributed by atoms with Crippen molar-refractivity contribution in [1.82, 2.24) is 9.38 Å². The number of aromatic nitrogens is 2. The van der Waals surface area contributed by atoms with E-state index >= 15 is 0 Å². The summed E-state index contributed by atoms with van der Waals surface area (Å²) in [7, 11) is 0. The summed E-state index contributed by atoms with van der Waals surface area (Å²) in [6, 6.07) is 0. The van der Waals surface area contributed by atoms with Crippen LogP contribution in [0.3, 0.4) is 0 Å². The molecule has 0 radical (unpaired) electrons. The summed E-state index contributed by atoms with van der Waals surface area (Å²) in [5.41, 5.74) is 2.50. The highest BCUT2D eigenvalue weighted by atomic mass is 32.1. The predicted octanol–water partition coefficient (Wildman–Crippen LogP) is 3.22. The van der Waals surface area contributed by atoms with Gasteiger partial charge in [0.05, 0.1) is 5.69 Å². The van der Waals surface area contributed by atoms with Crippen LogP contribution in [-0.4, -0.2) is 9.38 Å². The van der Waals surface area contributed by atoms with Crippen molar-refractivity contribution in [2.75, 3.05) is 0 Å². The Balaban J connectivity index is 2.49. The number of imidazole rings is 1. The van der Waals surface area contributed by atoms with Gasteiger partial charge >= 0.3 is 0 Å². The first kappa shape index (κ1) is 8.75. The largest absolute Gasteiger partial charge is 0.295 e. The van der Waals surface area contributed by atoms with Crippen LogP contribution in [0, 0.1) is 6.92 Å². The van der Waals surface area contributed by atoms with Gasteiger partial charge in [0.1, 0.15) is 0 Å². The van der Waals surface area contributed by atoms with Crippen molar-refractivity contribution in [2.45, 2.75) is 33.1 Å². The standard InChI is InChI=1S/C10H14N2S/c1-4-7(2)9-5-12-8(3)6-13-10(12)11-9/h5-7H,4H2,1-3H3. The van der Waals surface area contributed by atoms with Gasteiger partial charge in [0.15, 0.2) is 4.96 Å². The molecule has 1 atom stereocenters. The maximum atomic E-state index is 4.59. The van der Waals surface area contributed by atoms with Gasteiger partial charge in [0.25, 0.3) is 0 Å². The first-order chi connectivity index (χ1) is 6.22. The Bertz CT molecular complexity index is 413. The molecule has 0 saturated heterocycles. The summed E-state index contributed by atoms with van der Waals surface area (Å²) in [5, 5.41) is 2.14. The molecule has 2 aromatic rings. The quantitative estimate of drug-likeness (QED) is 0.717. The molecule has 2 nitrogen and oxygen atoms in total. The van der Waals surface area contributed by atoms with Gasteiger partial charge in [-0.25, -0.2) is 4.98 Å². The van der Waals surface area contributed by atoms with Crippen LogP contribution in [0.4, 0.5) is 0 Å². The van der Waals surface area contributed by atoms with Crippen molar-refractivity contribution >= 4 is 16.3 Å². The van der Waals surface area contributed by atoms with Gasteiger partial charge in [-0.15, -0.1) is 11.3 Å². The molecule has 2 aromatic heterocycles. The fraction of sp³-hybridized carbons (Fsp3) is 0.500. The summed E-state index contributed by atoms with van der Waals surface area (Å²) < 4.78 is 2.17. The van der Waals surface area contributed by atoms with Crippen molar-refractivity contribution in [3.05, 3.63) is 23.0 Å². The lowest BCUT2D eigenvalue weighted by Gasteiger charge is -2.01. The second-order valence-corrected chi connectivity index (χ2v) is 4.34. The predicted molar refractivity (Wildman–Crippen MR) is 56.5 cm³/mol. The summed E-state index contributed by atoms with van der Waals surface area (Å²) in [5.74, 6) is 0.575. The molecule has 0 bridgehead atoms. The second-order valence-electron chi connectivity index (χ2n) is 3.50. The van der Waals surface area contributed by atoms with Crippen LogP contribution in [0.2, 0.25) is 0 Å². The summed E-state index contributed by atoms with van der Waals surface area (Å²) >= 11 is 1.71. The van der Waals surface area contributed by atoms with Crippen molar-refractivity contribution in [3.63, 3.8) is 0 Å². The van der Waals surface area contributed by atoms with Gasteiger partial charge in [0, 0.05) is 17.3 Å². The topological polar surface area (TPSA) is 17.3 Å². The molecule has 0 N–H and O–H groups in total. The molecule has 0 aliphatic carbocycles. The van der Waals surface area contributed by atoms with Crippen LogP contribution in [0.25, 0.3) is 4.96 Å². The molecule has 0 aromatic carbocycles. The number of thiazole rings is 1. The Hall–Kier alpha value is -0.830. The maximum absolute atomic E-state index is 4.59. The molecule has 0 amide bonds. The minimum atomic E-state index is 0.575. The minimum absolute atomic E-state index is 0.575. The summed E-state index contributed by atoms with van der Waals surface area (Å²) in [6.45, 7) is 6.54.